The van der Waals surface area contributed by atoms with Crippen molar-refractivity contribution in [3.63, 3.8) is 0 Å². The van der Waals surface area contributed by atoms with Gasteiger partial charge in [-0.05, 0) is 46.2 Å². The lowest BCUT2D eigenvalue weighted by Crippen LogP contribution is -2.67. The number of hydrogen-bond acceptors (Lipinski definition) is 8. The van der Waals surface area contributed by atoms with Crippen molar-refractivity contribution < 1.29 is 9.50 Å². The van der Waals surface area contributed by atoms with Crippen molar-refractivity contribution in [3.05, 3.63) is 30.6 Å². The van der Waals surface area contributed by atoms with E-state index < -0.39 is 17.8 Å². The molecule has 0 bridgehead atoms. The van der Waals surface area contributed by atoms with E-state index >= 15 is 0 Å². The third-order valence-corrected chi connectivity index (χ3v) is 5.29. The summed E-state index contributed by atoms with van der Waals surface area (Å²) in [5.74, 6) is 0.275. The minimum Gasteiger partial charge on any atom is -0.507 e. The summed E-state index contributed by atoms with van der Waals surface area (Å²) in [6, 6.07) is 4.65. The first-order valence-electron chi connectivity index (χ1n) is 9.74. The standard InChI is InChI=1S/C20H25FN8O/c1-19(2)8-13(17(21)20(3,4)28-19)24-18-22-9-15(25-27-18)12-6-5-11(7-16(12)30)14-10-23-29-26-14/h5-7,9-10,13,17,28,30H,8H2,1-4H3,(H,22,24,27)(H,23,26,29)/t13-,17-/m0/s1. The number of phenolic OH excluding ortho intramolecular Hbond substituents is 1. The van der Waals surface area contributed by atoms with E-state index in [4.69, 9.17) is 0 Å². The van der Waals surface area contributed by atoms with E-state index in [1.807, 2.05) is 27.7 Å². The number of benzene rings is 1. The smallest absolute Gasteiger partial charge is 0.243 e. The molecule has 2 atom stereocenters. The van der Waals surface area contributed by atoms with E-state index in [1.54, 1.807) is 24.4 Å². The number of hydrogen-bond donors (Lipinski definition) is 4. The van der Waals surface area contributed by atoms with Gasteiger partial charge in [-0.25, -0.2) is 9.37 Å². The molecule has 4 N–H and O–H groups in total. The molecule has 0 aliphatic carbocycles. The molecular formula is C20H25FN8O. The zero-order valence-electron chi connectivity index (χ0n) is 17.3. The first-order valence-corrected chi connectivity index (χ1v) is 9.74. The lowest BCUT2D eigenvalue weighted by molar-refractivity contribution is 0.0654. The van der Waals surface area contributed by atoms with E-state index in [9.17, 15) is 9.50 Å². The van der Waals surface area contributed by atoms with Gasteiger partial charge >= 0.3 is 0 Å². The monoisotopic (exact) mass is 412 g/mol. The van der Waals surface area contributed by atoms with Gasteiger partial charge in [0.1, 0.15) is 23.3 Å². The van der Waals surface area contributed by atoms with Gasteiger partial charge < -0.3 is 15.7 Å². The molecule has 0 unspecified atom stereocenters. The Kier molecular flexibility index (Phi) is 4.89. The van der Waals surface area contributed by atoms with Gasteiger partial charge in [0.05, 0.1) is 18.4 Å². The summed E-state index contributed by atoms with van der Waals surface area (Å²) in [4.78, 5) is 4.28. The summed E-state index contributed by atoms with van der Waals surface area (Å²) in [6.07, 6.45) is 2.53. The molecule has 0 saturated carbocycles. The number of halogens is 1. The Hall–Kier alpha value is -3.14. The van der Waals surface area contributed by atoms with Crippen LogP contribution in [0.25, 0.3) is 22.5 Å². The molecule has 4 rings (SSSR count). The normalized spacial score (nSPS) is 22.6. The number of H-pyrrole nitrogens is 1. The first-order chi connectivity index (χ1) is 14.1. The molecule has 1 fully saturated rings. The summed E-state index contributed by atoms with van der Waals surface area (Å²) in [5.41, 5.74) is 1.33. The van der Waals surface area contributed by atoms with E-state index in [-0.39, 0.29) is 17.2 Å². The van der Waals surface area contributed by atoms with Gasteiger partial charge in [-0.15, -0.1) is 10.2 Å². The van der Waals surface area contributed by atoms with Crippen LogP contribution in [0.1, 0.15) is 34.1 Å². The number of alkyl halides is 1. The van der Waals surface area contributed by atoms with Crippen LogP contribution in [-0.2, 0) is 0 Å². The molecule has 3 heterocycles. The van der Waals surface area contributed by atoms with Crippen LogP contribution in [0.15, 0.2) is 30.6 Å². The number of aromatic hydroxyl groups is 1. The summed E-state index contributed by atoms with van der Waals surface area (Å²) >= 11 is 0. The Morgan fingerprint density at radius 3 is 2.57 bits per heavy atom. The highest BCUT2D eigenvalue weighted by molar-refractivity contribution is 5.72. The quantitative estimate of drug-likeness (QED) is 0.516. The largest absolute Gasteiger partial charge is 0.507 e. The number of aromatic nitrogens is 6. The Bertz CT molecular complexity index is 1020. The Balaban J connectivity index is 1.52. The molecule has 1 aliphatic heterocycles. The summed E-state index contributed by atoms with van der Waals surface area (Å²) in [5, 5.41) is 35.4. The maximum absolute atomic E-state index is 15.0. The molecular weight excluding hydrogens is 387 g/mol. The number of aromatic amines is 1. The zero-order chi connectivity index (χ0) is 21.5. The molecule has 1 aliphatic rings. The molecule has 1 saturated heterocycles. The highest BCUT2D eigenvalue weighted by atomic mass is 19.1. The Morgan fingerprint density at radius 2 is 1.93 bits per heavy atom. The minimum absolute atomic E-state index is 0.0259. The van der Waals surface area contributed by atoms with Crippen LogP contribution in [0.5, 0.6) is 5.75 Å². The van der Waals surface area contributed by atoms with Crippen LogP contribution in [-0.4, -0.2) is 59.0 Å². The number of phenols is 1. The van der Waals surface area contributed by atoms with Crippen molar-refractivity contribution in [2.75, 3.05) is 5.32 Å². The van der Waals surface area contributed by atoms with Gasteiger partial charge in [0.25, 0.3) is 0 Å². The summed E-state index contributed by atoms with van der Waals surface area (Å²) in [7, 11) is 0. The molecule has 3 aromatic rings. The van der Waals surface area contributed by atoms with Crippen LogP contribution in [0.4, 0.5) is 10.3 Å². The van der Waals surface area contributed by atoms with E-state index in [0.29, 0.717) is 28.9 Å². The first kappa shape index (κ1) is 20.1. The molecule has 0 amide bonds. The van der Waals surface area contributed by atoms with E-state index in [0.717, 1.165) is 0 Å². The third-order valence-electron chi connectivity index (χ3n) is 5.29. The van der Waals surface area contributed by atoms with Crippen LogP contribution in [0, 0.1) is 0 Å². The van der Waals surface area contributed by atoms with Gasteiger partial charge in [-0.3, -0.25) is 0 Å². The second kappa shape index (κ2) is 7.28. The molecule has 9 nitrogen and oxygen atoms in total. The van der Waals surface area contributed by atoms with Crippen molar-refractivity contribution in [3.8, 4) is 28.3 Å². The maximum Gasteiger partial charge on any atom is 0.243 e. The topological polar surface area (TPSA) is 125 Å². The highest BCUT2D eigenvalue weighted by Gasteiger charge is 2.46. The predicted molar refractivity (Wildman–Crippen MR) is 111 cm³/mol. The number of anilines is 1. The minimum atomic E-state index is -1.12. The van der Waals surface area contributed by atoms with Crippen LogP contribution in [0.2, 0.25) is 0 Å². The molecule has 2 aromatic heterocycles. The molecule has 10 heteroatoms. The fourth-order valence-corrected chi connectivity index (χ4v) is 4.15. The van der Waals surface area contributed by atoms with Gasteiger partial charge in [-0.2, -0.15) is 15.4 Å². The fourth-order valence-electron chi connectivity index (χ4n) is 4.15. The predicted octanol–water partition coefficient (Wildman–Crippen LogP) is 2.70. The Labute approximate surface area is 173 Å². The number of rotatable bonds is 4. The lowest BCUT2D eigenvalue weighted by atomic mass is 9.78. The van der Waals surface area contributed by atoms with Crippen LogP contribution >= 0.6 is 0 Å². The van der Waals surface area contributed by atoms with Crippen LogP contribution in [0.3, 0.4) is 0 Å². The average molecular weight is 412 g/mol. The van der Waals surface area contributed by atoms with Crippen molar-refractivity contribution in [1.29, 1.82) is 0 Å². The maximum atomic E-state index is 15.0. The summed E-state index contributed by atoms with van der Waals surface area (Å²) in [6.45, 7) is 7.79. The van der Waals surface area contributed by atoms with Gasteiger partial charge in [0, 0.05) is 22.2 Å². The summed E-state index contributed by atoms with van der Waals surface area (Å²) < 4.78 is 15.0. The molecule has 0 spiro atoms. The van der Waals surface area contributed by atoms with E-state index in [1.165, 1.54) is 6.20 Å². The number of piperidine rings is 1. The lowest BCUT2D eigenvalue weighted by Gasteiger charge is -2.48. The fraction of sp³-hybridized carbons (Fsp3) is 0.450. The third kappa shape index (κ3) is 3.95. The van der Waals surface area contributed by atoms with Crippen molar-refractivity contribution >= 4 is 5.95 Å². The molecule has 1 aromatic carbocycles. The van der Waals surface area contributed by atoms with Gasteiger partial charge in [0.15, 0.2) is 0 Å². The van der Waals surface area contributed by atoms with Gasteiger partial charge in [-0.1, -0.05) is 6.07 Å². The van der Waals surface area contributed by atoms with E-state index in [2.05, 4.69) is 41.2 Å². The molecule has 158 valence electrons. The molecule has 30 heavy (non-hydrogen) atoms. The highest BCUT2D eigenvalue weighted by Crippen LogP contribution is 2.33. The van der Waals surface area contributed by atoms with Crippen LogP contribution < -0.4 is 10.6 Å². The zero-order valence-corrected chi connectivity index (χ0v) is 17.3. The second-order valence-electron chi connectivity index (χ2n) is 8.84. The SMILES string of the molecule is CC1(C)C[C@H](Nc2ncc(-c3ccc(-c4cn[nH]n4)cc3O)nn2)[C@H](F)C(C)(C)N1. The van der Waals surface area contributed by atoms with Crippen molar-refractivity contribution in [2.24, 2.45) is 0 Å². The Morgan fingerprint density at radius 1 is 1.13 bits per heavy atom. The van der Waals surface area contributed by atoms with Crippen molar-refractivity contribution in [1.82, 2.24) is 35.9 Å². The average Bonchev–Trinajstić information content (AvgIpc) is 3.20. The van der Waals surface area contributed by atoms with Gasteiger partial charge in [0.2, 0.25) is 5.95 Å². The molecule has 0 radical (unpaired) electrons. The van der Waals surface area contributed by atoms with Crippen molar-refractivity contribution in [2.45, 2.75) is 57.4 Å². The number of nitrogens with zero attached hydrogens (tertiary/aromatic N) is 5. The number of nitrogens with one attached hydrogen (secondary N) is 3. The second-order valence-corrected chi connectivity index (χ2v) is 8.84.